The molecular weight excluding hydrogens is 1380 g/mol. The largest absolute Gasteiger partial charge is 0.497 e. The van der Waals surface area contributed by atoms with Gasteiger partial charge in [-0.05, 0) is 241 Å². The molecule has 0 N–H and O–H groups in total. The van der Waals surface area contributed by atoms with Gasteiger partial charge in [-0.3, -0.25) is 0 Å². The normalized spacial score (nSPS) is 10.5. The maximum atomic E-state index is 5.43. The van der Waals surface area contributed by atoms with Gasteiger partial charge < -0.3 is 56.8 Å². The van der Waals surface area contributed by atoms with E-state index in [1.165, 1.54) is 63.7 Å². The molecule has 0 unspecified atom stereocenters. The summed E-state index contributed by atoms with van der Waals surface area (Å²) < 4.78 is 65.1. The molecule has 0 aromatic heterocycles. The summed E-state index contributed by atoms with van der Waals surface area (Å²) >= 11 is 0. The van der Waals surface area contributed by atoms with E-state index < -0.39 is 31.7 Å². The second kappa shape index (κ2) is 40.0. The van der Waals surface area contributed by atoms with E-state index in [-0.39, 0.29) is 16.5 Å². The van der Waals surface area contributed by atoms with E-state index in [9.17, 15) is 0 Å². The molecule has 522 valence electrons. The Hall–Kier alpha value is -9.55. The fourth-order valence-corrected chi connectivity index (χ4v) is 20.3. The van der Waals surface area contributed by atoms with E-state index >= 15 is 0 Å². The fraction of sp³-hybridized carbons (Fsp3) is 0.143. The molecule has 0 spiro atoms. The second-order valence-corrected chi connectivity index (χ2v) is 30.6. The van der Waals surface area contributed by atoms with E-state index in [1.807, 2.05) is 146 Å². The molecule has 12 nitrogen and oxygen atoms in total. The van der Waals surface area contributed by atoms with Crippen LogP contribution in [0, 0.1) is 0 Å². The Kier molecular flexibility index (Phi) is 30.6. The van der Waals surface area contributed by atoms with Crippen LogP contribution >= 0.6 is 31.7 Å². The van der Waals surface area contributed by atoms with Gasteiger partial charge in [0.1, 0.15) is 69.0 Å². The molecule has 101 heavy (non-hydrogen) atoms. The smallest absolute Gasteiger partial charge is 0.119 e. The number of methoxy groups -OCH3 is 12. The number of ether oxygens (including phenoxy) is 12. The molecule has 12 aromatic rings. The Morgan fingerprint density at radius 3 is 0.287 bits per heavy atom. The van der Waals surface area contributed by atoms with Gasteiger partial charge in [0.2, 0.25) is 0 Å². The molecule has 17 heteroatoms. The van der Waals surface area contributed by atoms with Crippen LogP contribution in [0.15, 0.2) is 291 Å². The van der Waals surface area contributed by atoms with Crippen LogP contribution in [0.3, 0.4) is 0 Å². The van der Waals surface area contributed by atoms with Crippen LogP contribution in [0.2, 0.25) is 0 Å². The summed E-state index contributed by atoms with van der Waals surface area (Å²) in [5.41, 5.74) is 0. The van der Waals surface area contributed by atoms with Gasteiger partial charge >= 0.3 is 0 Å². The molecule has 0 saturated carbocycles. The molecule has 0 radical (unpaired) electrons. The number of benzene rings is 12. The van der Waals surface area contributed by atoms with E-state index in [4.69, 9.17) is 56.8 Å². The minimum absolute atomic E-state index is 0. The fourth-order valence-electron chi connectivity index (χ4n) is 10.8. The molecule has 0 saturated heterocycles. The number of hydrogen-bond acceptors (Lipinski definition) is 12. The third-order valence-corrected chi connectivity index (χ3v) is 25.3. The van der Waals surface area contributed by atoms with Crippen molar-refractivity contribution < 1.29 is 73.3 Å². The first-order valence-electron chi connectivity index (χ1n) is 31.9. The Balaban J connectivity index is 0.000000171. The average Bonchev–Trinajstić information content (AvgIpc) is 0.826. The van der Waals surface area contributed by atoms with Crippen LogP contribution in [0.1, 0.15) is 0 Å². The molecule has 0 heterocycles. The molecule has 0 amide bonds. The molecule has 0 bridgehead atoms. The molecule has 0 aliphatic rings. The van der Waals surface area contributed by atoms with Gasteiger partial charge in [0.05, 0.1) is 85.3 Å². The van der Waals surface area contributed by atoms with Gasteiger partial charge in [0.15, 0.2) is 0 Å². The van der Waals surface area contributed by atoms with Crippen molar-refractivity contribution >= 4 is 95.3 Å². The van der Waals surface area contributed by atoms with Crippen molar-refractivity contribution in [3.05, 3.63) is 291 Å². The molecule has 12 rings (SSSR count). The summed E-state index contributed by atoms with van der Waals surface area (Å²) in [6, 6.07) is 99.0. The van der Waals surface area contributed by atoms with E-state index in [1.54, 1.807) is 85.3 Å². The Morgan fingerprint density at radius 1 is 0.139 bits per heavy atom. The minimum Gasteiger partial charge on any atom is -0.497 e. The third-order valence-electron chi connectivity index (χ3n) is 15.7. The van der Waals surface area contributed by atoms with Gasteiger partial charge in [-0.2, -0.15) is 0 Å². The monoisotopic (exact) mass is 1470 g/mol. The van der Waals surface area contributed by atoms with Crippen molar-refractivity contribution in [2.75, 3.05) is 85.3 Å². The van der Waals surface area contributed by atoms with Gasteiger partial charge in [0.25, 0.3) is 0 Å². The van der Waals surface area contributed by atoms with Gasteiger partial charge in [-0.1, -0.05) is 146 Å². The Bertz CT molecular complexity index is 3520. The maximum Gasteiger partial charge on any atom is 0.119 e. The zero-order chi connectivity index (χ0) is 70.6. The van der Waals surface area contributed by atoms with Crippen molar-refractivity contribution in [2.24, 2.45) is 0 Å². The van der Waals surface area contributed by atoms with Crippen molar-refractivity contribution in [2.45, 2.75) is 0 Å². The summed E-state index contributed by atoms with van der Waals surface area (Å²) in [7, 11) is 17.3. The third kappa shape index (κ3) is 21.3. The molecule has 0 fully saturated rings. The van der Waals surface area contributed by atoms with Crippen LogP contribution < -0.4 is 120 Å². The molecule has 0 aliphatic heterocycles. The summed E-state index contributed by atoms with van der Waals surface area (Å²) in [4.78, 5) is 0. The SMILES string of the molecule is COc1cccc(P(c2cccc(OC)c2)c2cccc(OC)c2)c1.COc1cccc(P(c2cccc(OC)c2)c2cccc(OC)c2)c1.COc1cccc(P(c2cccc(OC)c2)c2cccc(OC)c2)c1.COc1cccc(P(c2cccc(OC)c2)c2cccc(OC)c2)c1.[Ni]. The first-order chi connectivity index (χ1) is 49.0. The standard InChI is InChI=1S/4C21H21O3P.Ni/c4*1-22-16-7-4-10-19(13-16)25(20-11-5-8-17(14-20)23-2)21-12-6-9-18(15-21)24-3;/h4*4-15H,1-3H3;. The zero-order valence-corrected chi connectivity index (χ0v) is 63.3. The van der Waals surface area contributed by atoms with E-state index in [0.717, 1.165) is 69.0 Å². The van der Waals surface area contributed by atoms with E-state index in [0.29, 0.717) is 0 Å². The molecule has 0 aliphatic carbocycles. The number of hydrogen-bond donors (Lipinski definition) is 0. The van der Waals surface area contributed by atoms with Crippen molar-refractivity contribution in [1.82, 2.24) is 0 Å². The summed E-state index contributed by atoms with van der Waals surface area (Å²) in [6.45, 7) is 0. The van der Waals surface area contributed by atoms with Crippen molar-refractivity contribution in [3.63, 3.8) is 0 Å². The Morgan fingerprint density at radius 2 is 0.218 bits per heavy atom. The van der Waals surface area contributed by atoms with Crippen LogP contribution in [0.5, 0.6) is 69.0 Å². The van der Waals surface area contributed by atoms with Gasteiger partial charge in [0, 0.05) is 16.5 Å². The predicted octanol–water partition coefficient (Wildman–Crippen LogP) is 13.9. The molecule has 0 atom stereocenters. The maximum absolute atomic E-state index is 5.43. The molecular formula is C84H84NiO12P4. The molecule has 12 aromatic carbocycles. The van der Waals surface area contributed by atoms with Crippen LogP contribution in [-0.4, -0.2) is 85.3 Å². The van der Waals surface area contributed by atoms with Gasteiger partial charge in [-0.15, -0.1) is 0 Å². The average molecular weight is 1470 g/mol. The van der Waals surface area contributed by atoms with E-state index in [2.05, 4.69) is 146 Å². The van der Waals surface area contributed by atoms with Crippen molar-refractivity contribution in [3.8, 4) is 69.0 Å². The zero-order valence-electron chi connectivity index (χ0n) is 58.7. The summed E-state index contributed by atoms with van der Waals surface area (Å²) in [5, 5.41) is 14.6. The first kappa shape index (κ1) is 77.2. The topological polar surface area (TPSA) is 111 Å². The summed E-state index contributed by atoms with van der Waals surface area (Å²) in [6.07, 6.45) is 0. The quantitative estimate of drug-likeness (QED) is 0.0424. The van der Waals surface area contributed by atoms with Crippen LogP contribution in [0.25, 0.3) is 0 Å². The summed E-state index contributed by atoms with van der Waals surface area (Å²) in [5.74, 6) is 10.3. The second-order valence-electron chi connectivity index (χ2n) is 21.8. The Labute approximate surface area is 610 Å². The van der Waals surface area contributed by atoms with Crippen LogP contribution in [0.4, 0.5) is 0 Å². The van der Waals surface area contributed by atoms with Gasteiger partial charge in [-0.25, -0.2) is 0 Å². The minimum atomic E-state index is -0.752. The van der Waals surface area contributed by atoms with Crippen molar-refractivity contribution in [1.29, 1.82) is 0 Å². The van der Waals surface area contributed by atoms with Crippen LogP contribution in [-0.2, 0) is 16.5 Å². The predicted molar refractivity (Wildman–Crippen MR) is 419 cm³/mol. The number of rotatable bonds is 24. The first-order valence-corrected chi connectivity index (χ1v) is 37.3.